The van der Waals surface area contributed by atoms with E-state index in [1.54, 1.807) is 0 Å². The Labute approximate surface area is 159 Å². The van der Waals surface area contributed by atoms with Gasteiger partial charge in [-0.15, -0.1) is 0 Å². The van der Waals surface area contributed by atoms with Gasteiger partial charge in [-0.25, -0.2) is 4.99 Å². The molecule has 0 aromatic heterocycles. The van der Waals surface area contributed by atoms with Crippen molar-refractivity contribution in [2.45, 2.75) is 33.2 Å². The highest BCUT2D eigenvalue weighted by molar-refractivity contribution is 9.10. The van der Waals surface area contributed by atoms with Gasteiger partial charge in [-0.2, -0.15) is 0 Å². The van der Waals surface area contributed by atoms with Crippen LogP contribution < -0.4 is 10.6 Å². The van der Waals surface area contributed by atoms with Crippen molar-refractivity contribution in [3.63, 3.8) is 0 Å². The quantitative estimate of drug-likeness (QED) is 0.372. The molecule has 1 aromatic carbocycles. The summed E-state index contributed by atoms with van der Waals surface area (Å²) in [7, 11) is 0. The van der Waals surface area contributed by atoms with Crippen LogP contribution in [0.15, 0.2) is 27.7 Å². The third kappa shape index (κ3) is 7.75. The van der Waals surface area contributed by atoms with Gasteiger partial charge >= 0.3 is 0 Å². The molecule has 0 spiro atoms. The van der Waals surface area contributed by atoms with Crippen molar-refractivity contribution >= 4 is 21.9 Å². The molecule has 1 aliphatic heterocycles. The zero-order valence-electron chi connectivity index (χ0n) is 15.3. The number of aliphatic imine (C=N–C) groups is 1. The second kappa shape index (κ2) is 11.5. The Morgan fingerprint density at radius 1 is 1.40 bits per heavy atom. The molecule has 140 valence electrons. The van der Waals surface area contributed by atoms with Crippen LogP contribution in [0.4, 0.5) is 0 Å². The van der Waals surface area contributed by atoms with E-state index in [9.17, 15) is 0 Å². The minimum Gasteiger partial charge on any atom is -0.381 e. The average Bonchev–Trinajstić information content (AvgIpc) is 3.10. The molecule has 0 amide bonds. The van der Waals surface area contributed by atoms with Crippen LogP contribution in [-0.4, -0.2) is 45.5 Å². The van der Waals surface area contributed by atoms with Gasteiger partial charge in [0, 0.05) is 36.7 Å². The monoisotopic (exact) mass is 411 g/mol. The van der Waals surface area contributed by atoms with Crippen LogP contribution in [-0.2, 0) is 16.0 Å². The van der Waals surface area contributed by atoms with Crippen LogP contribution in [0, 0.1) is 12.8 Å². The smallest absolute Gasteiger partial charge is 0.191 e. The lowest BCUT2D eigenvalue weighted by Gasteiger charge is -2.13. The van der Waals surface area contributed by atoms with Crippen molar-refractivity contribution in [2.75, 3.05) is 39.5 Å². The second-order valence-electron chi connectivity index (χ2n) is 6.35. The van der Waals surface area contributed by atoms with E-state index in [-0.39, 0.29) is 0 Å². The first kappa shape index (κ1) is 20.2. The van der Waals surface area contributed by atoms with Gasteiger partial charge in [-0.1, -0.05) is 22.0 Å². The summed E-state index contributed by atoms with van der Waals surface area (Å²) in [5.41, 5.74) is 2.49. The number of benzene rings is 1. The molecule has 0 saturated carbocycles. The molecule has 0 bridgehead atoms. The van der Waals surface area contributed by atoms with Gasteiger partial charge in [0.15, 0.2) is 5.96 Å². The molecule has 6 heteroatoms. The van der Waals surface area contributed by atoms with E-state index in [1.807, 2.05) is 0 Å². The second-order valence-corrected chi connectivity index (χ2v) is 7.27. The Kier molecular flexibility index (Phi) is 9.29. The maximum Gasteiger partial charge on any atom is 0.191 e. The van der Waals surface area contributed by atoms with E-state index in [4.69, 9.17) is 9.47 Å². The number of hydrogen-bond acceptors (Lipinski definition) is 3. The molecule has 1 unspecified atom stereocenters. The Hall–Kier alpha value is -1.11. The fourth-order valence-corrected chi connectivity index (χ4v) is 3.16. The third-order valence-electron chi connectivity index (χ3n) is 4.19. The number of nitrogens with one attached hydrogen (secondary N) is 2. The highest BCUT2D eigenvalue weighted by Crippen LogP contribution is 2.16. The first-order valence-corrected chi connectivity index (χ1v) is 9.91. The average molecular weight is 412 g/mol. The molecular weight excluding hydrogens is 382 g/mol. The highest BCUT2D eigenvalue weighted by Gasteiger charge is 2.15. The SMILES string of the molecule is CCNC(=NCc1ccc(Br)cc1C)NCCCOCC1CCOC1. The largest absolute Gasteiger partial charge is 0.381 e. The van der Waals surface area contributed by atoms with E-state index >= 15 is 0 Å². The summed E-state index contributed by atoms with van der Waals surface area (Å²) in [6.45, 7) is 9.90. The third-order valence-corrected chi connectivity index (χ3v) is 4.69. The highest BCUT2D eigenvalue weighted by atomic mass is 79.9. The topological polar surface area (TPSA) is 54.9 Å². The number of hydrogen-bond donors (Lipinski definition) is 2. The van der Waals surface area contributed by atoms with E-state index in [1.165, 1.54) is 11.1 Å². The van der Waals surface area contributed by atoms with E-state index in [0.717, 1.165) is 62.8 Å². The van der Waals surface area contributed by atoms with Gasteiger partial charge < -0.3 is 20.1 Å². The summed E-state index contributed by atoms with van der Waals surface area (Å²) in [5, 5.41) is 6.67. The first-order valence-electron chi connectivity index (χ1n) is 9.11. The Morgan fingerprint density at radius 3 is 3.00 bits per heavy atom. The number of aryl methyl sites for hydroxylation is 1. The first-order chi connectivity index (χ1) is 12.2. The molecule has 0 radical (unpaired) electrons. The normalized spacial score (nSPS) is 17.7. The van der Waals surface area contributed by atoms with Crippen molar-refractivity contribution < 1.29 is 9.47 Å². The fourth-order valence-electron chi connectivity index (χ4n) is 2.69. The molecule has 1 aromatic rings. The predicted octanol–water partition coefficient (Wildman–Crippen LogP) is 3.26. The number of rotatable bonds is 9. The van der Waals surface area contributed by atoms with E-state index in [2.05, 4.69) is 63.6 Å². The molecule has 2 N–H and O–H groups in total. The lowest BCUT2D eigenvalue weighted by Crippen LogP contribution is -2.38. The predicted molar refractivity (Wildman–Crippen MR) is 106 cm³/mol. The molecule has 5 nitrogen and oxygen atoms in total. The van der Waals surface area contributed by atoms with Gasteiger partial charge in [0.2, 0.25) is 0 Å². The summed E-state index contributed by atoms with van der Waals surface area (Å²) in [6.07, 6.45) is 2.10. The lowest BCUT2D eigenvalue weighted by atomic mass is 10.1. The van der Waals surface area contributed by atoms with Crippen LogP contribution in [0.1, 0.15) is 30.9 Å². The van der Waals surface area contributed by atoms with Gasteiger partial charge in [-0.05, 0) is 49.9 Å². The number of guanidine groups is 1. The molecule has 1 aliphatic rings. The summed E-state index contributed by atoms with van der Waals surface area (Å²) in [4.78, 5) is 4.68. The minimum atomic E-state index is 0.584. The Morgan fingerprint density at radius 2 is 2.28 bits per heavy atom. The van der Waals surface area contributed by atoms with Crippen molar-refractivity contribution in [2.24, 2.45) is 10.9 Å². The number of halogens is 1. The number of ether oxygens (including phenoxy) is 2. The summed E-state index contributed by atoms with van der Waals surface area (Å²) in [5.74, 6) is 1.44. The Balaban J connectivity index is 1.68. The van der Waals surface area contributed by atoms with Crippen molar-refractivity contribution in [1.29, 1.82) is 0 Å². The molecule has 1 saturated heterocycles. The summed E-state index contributed by atoms with van der Waals surface area (Å²) < 4.78 is 12.2. The molecular formula is C19H30BrN3O2. The van der Waals surface area contributed by atoms with Crippen molar-refractivity contribution in [1.82, 2.24) is 10.6 Å². The summed E-state index contributed by atoms with van der Waals surface area (Å²) in [6, 6.07) is 6.30. The van der Waals surface area contributed by atoms with E-state index in [0.29, 0.717) is 12.5 Å². The zero-order chi connectivity index (χ0) is 17.9. The van der Waals surface area contributed by atoms with Crippen LogP contribution in [0.2, 0.25) is 0 Å². The lowest BCUT2D eigenvalue weighted by molar-refractivity contribution is 0.0888. The molecule has 1 atom stereocenters. The van der Waals surface area contributed by atoms with Crippen LogP contribution in [0.3, 0.4) is 0 Å². The van der Waals surface area contributed by atoms with Crippen LogP contribution >= 0.6 is 15.9 Å². The van der Waals surface area contributed by atoms with Crippen LogP contribution in [0.5, 0.6) is 0 Å². The maximum atomic E-state index is 5.73. The van der Waals surface area contributed by atoms with Gasteiger partial charge in [-0.3, -0.25) is 0 Å². The zero-order valence-corrected chi connectivity index (χ0v) is 16.9. The summed E-state index contributed by atoms with van der Waals surface area (Å²) >= 11 is 3.50. The Bertz CT molecular complexity index is 545. The fraction of sp³-hybridized carbons (Fsp3) is 0.632. The molecule has 25 heavy (non-hydrogen) atoms. The molecule has 1 heterocycles. The molecule has 2 rings (SSSR count). The standard InChI is InChI=1S/C19H30BrN3O2/c1-3-21-19(23-12-17-5-6-18(20)11-15(17)2)22-8-4-9-24-13-16-7-10-25-14-16/h5-6,11,16H,3-4,7-10,12-14H2,1-2H3,(H2,21,22,23). The van der Waals surface area contributed by atoms with E-state index < -0.39 is 0 Å². The van der Waals surface area contributed by atoms with Crippen LogP contribution in [0.25, 0.3) is 0 Å². The molecule has 1 fully saturated rings. The molecule has 0 aliphatic carbocycles. The van der Waals surface area contributed by atoms with Crippen molar-refractivity contribution in [3.8, 4) is 0 Å². The maximum absolute atomic E-state index is 5.73. The van der Waals surface area contributed by atoms with Gasteiger partial charge in [0.25, 0.3) is 0 Å². The van der Waals surface area contributed by atoms with Gasteiger partial charge in [0.05, 0.1) is 19.8 Å². The van der Waals surface area contributed by atoms with Crippen molar-refractivity contribution in [3.05, 3.63) is 33.8 Å². The minimum absolute atomic E-state index is 0.584. The van der Waals surface area contributed by atoms with Gasteiger partial charge in [0.1, 0.15) is 0 Å². The number of nitrogens with zero attached hydrogens (tertiary/aromatic N) is 1.